The minimum Gasteiger partial charge on any atom is -0.493 e. The molecule has 0 saturated heterocycles. The zero-order valence-electron chi connectivity index (χ0n) is 20.3. The molecule has 0 aliphatic carbocycles. The third kappa shape index (κ3) is 4.18. The van der Waals surface area contributed by atoms with Crippen LogP contribution in [0.1, 0.15) is 42.2 Å². The molecule has 1 aromatic heterocycles. The first-order valence-corrected chi connectivity index (χ1v) is 13.2. The van der Waals surface area contributed by atoms with Gasteiger partial charge in [-0.05, 0) is 78.6 Å². The molecule has 3 aromatic carbocycles. The SMILES string of the molecule is Cc1cc2cc(C#N)ccc2c(-c2ccc3c4c(ccnc24)CCO3)c1[C@H](OC(C)(C)CI)C(=O)O. The molecule has 5 rings (SSSR count). The van der Waals surface area contributed by atoms with E-state index < -0.39 is 17.7 Å². The fourth-order valence-corrected chi connectivity index (χ4v) is 5.13. The van der Waals surface area contributed by atoms with Gasteiger partial charge in [-0.1, -0.05) is 34.7 Å². The van der Waals surface area contributed by atoms with Crippen molar-refractivity contribution in [2.45, 2.75) is 38.9 Å². The molecule has 1 aliphatic rings. The molecule has 6 nitrogen and oxygen atoms in total. The summed E-state index contributed by atoms with van der Waals surface area (Å²) in [7, 11) is 0. The lowest BCUT2D eigenvalue weighted by molar-refractivity contribution is -0.160. The van der Waals surface area contributed by atoms with Gasteiger partial charge < -0.3 is 14.6 Å². The summed E-state index contributed by atoms with van der Waals surface area (Å²) in [6.45, 7) is 6.30. The smallest absolute Gasteiger partial charge is 0.337 e. The normalized spacial score (nSPS) is 13.9. The Kier molecular flexibility index (Phi) is 6.35. The van der Waals surface area contributed by atoms with Crippen LogP contribution >= 0.6 is 22.6 Å². The number of fused-ring (bicyclic) bond motifs is 1. The highest BCUT2D eigenvalue weighted by Crippen LogP contribution is 2.45. The van der Waals surface area contributed by atoms with E-state index in [0.29, 0.717) is 22.2 Å². The summed E-state index contributed by atoms with van der Waals surface area (Å²) >= 11 is 2.21. The molecule has 0 saturated carbocycles. The van der Waals surface area contributed by atoms with E-state index in [1.807, 2.05) is 57.2 Å². The van der Waals surface area contributed by atoms with Gasteiger partial charge in [0.2, 0.25) is 0 Å². The number of alkyl halides is 1. The number of nitrogens with zero attached hydrogens (tertiary/aromatic N) is 2. The second-order valence-corrected chi connectivity index (χ2v) is 10.4. The van der Waals surface area contributed by atoms with Gasteiger partial charge in [-0.2, -0.15) is 5.26 Å². The molecule has 7 heteroatoms. The Hall–Kier alpha value is -3.22. The number of carboxylic acid groups (broad SMARTS) is 1. The van der Waals surface area contributed by atoms with Crippen molar-refractivity contribution in [1.29, 1.82) is 5.26 Å². The number of hydrogen-bond acceptors (Lipinski definition) is 5. The van der Waals surface area contributed by atoms with E-state index in [1.165, 1.54) is 0 Å². The summed E-state index contributed by atoms with van der Waals surface area (Å²) in [5, 5.41) is 22.5. The largest absolute Gasteiger partial charge is 0.493 e. The zero-order chi connectivity index (χ0) is 25.6. The number of benzene rings is 3. The van der Waals surface area contributed by atoms with Crippen molar-refractivity contribution in [3.63, 3.8) is 0 Å². The number of hydrogen-bond donors (Lipinski definition) is 1. The van der Waals surface area contributed by atoms with Crippen LogP contribution in [0.2, 0.25) is 0 Å². The Morgan fingerprint density at radius 1 is 1.28 bits per heavy atom. The molecule has 4 aromatic rings. The highest BCUT2D eigenvalue weighted by atomic mass is 127. The van der Waals surface area contributed by atoms with Crippen LogP contribution in [0.5, 0.6) is 5.75 Å². The summed E-state index contributed by atoms with van der Waals surface area (Å²) < 4.78 is 12.8. The van der Waals surface area contributed by atoms with Gasteiger partial charge in [0, 0.05) is 33.6 Å². The number of aryl methyl sites for hydroxylation is 1. The van der Waals surface area contributed by atoms with Crippen LogP contribution in [0.15, 0.2) is 48.7 Å². The maximum absolute atomic E-state index is 12.7. The van der Waals surface area contributed by atoms with E-state index in [4.69, 9.17) is 14.5 Å². The fourth-order valence-electron chi connectivity index (χ4n) is 4.95. The molecule has 1 atom stereocenters. The zero-order valence-corrected chi connectivity index (χ0v) is 22.4. The van der Waals surface area contributed by atoms with Crippen molar-refractivity contribution in [1.82, 2.24) is 4.98 Å². The van der Waals surface area contributed by atoms with Crippen molar-refractivity contribution in [2.24, 2.45) is 0 Å². The molecule has 1 aliphatic heterocycles. The average molecular weight is 592 g/mol. The molecular formula is C29H25IN2O4. The number of carboxylic acids is 1. The lowest BCUT2D eigenvalue weighted by Gasteiger charge is -2.30. The van der Waals surface area contributed by atoms with Crippen molar-refractivity contribution in [3.8, 4) is 22.9 Å². The number of halogens is 1. The highest BCUT2D eigenvalue weighted by molar-refractivity contribution is 14.1. The van der Waals surface area contributed by atoms with E-state index in [2.05, 4.69) is 28.7 Å². The van der Waals surface area contributed by atoms with E-state index in [0.717, 1.165) is 56.1 Å². The lowest BCUT2D eigenvalue weighted by atomic mass is 9.85. The van der Waals surface area contributed by atoms with Crippen LogP contribution < -0.4 is 4.74 Å². The van der Waals surface area contributed by atoms with Crippen LogP contribution in [0.25, 0.3) is 32.8 Å². The summed E-state index contributed by atoms with van der Waals surface area (Å²) in [6, 6.07) is 15.5. The second-order valence-electron chi connectivity index (χ2n) is 9.66. The number of carbonyl (C=O) groups is 1. The number of aliphatic carboxylic acids is 1. The van der Waals surface area contributed by atoms with Gasteiger partial charge in [-0.15, -0.1) is 0 Å². The molecular weight excluding hydrogens is 567 g/mol. The van der Waals surface area contributed by atoms with Crippen molar-refractivity contribution in [3.05, 3.63) is 70.9 Å². The van der Waals surface area contributed by atoms with Gasteiger partial charge in [-0.25, -0.2) is 4.79 Å². The third-order valence-corrected chi connectivity index (χ3v) is 8.44. The van der Waals surface area contributed by atoms with E-state index in [1.54, 1.807) is 12.3 Å². The van der Waals surface area contributed by atoms with Crippen molar-refractivity contribution < 1.29 is 19.4 Å². The lowest BCUT2D eigenvalue weighted by Crippen LogP contribution is -2.32. The minimum atomic E-state index is -1.19. The first kappa shape index (κ1) is 24.5. The summed E-state index contributed by atoms with van der Waals surface area (Å²) in [4.78, 5) is 17.4. The summed E-state index contributed by atoms with van der Waals surface area (Å²) in [5.41, 5.74) is 4.76. The standard InChI is InChI=1S/C29H25IN2O4/c1-16-12-19-13-17(14-31)4-5-20(19)25(23(16)27(28(33)34)36-29(2,3)15-30)21-6-7-22-24-18(9-11-35-22)8-10-32-26(21)24/h4-8,10,12-13,27H,9,11,15H2,1-3H3,(H,33,34)/t27-/m0/s1. The van der Waals surface area contributed by atoms with Gasteiger partial charge in [0.25, 0.3) is 0 Å². The van der Waals surface area contributed by atoms with Crippen molar-refractivity contribution in [2.75, 3.05) is 11.0 Å². The first-order valence-electron chi connectivity index (χ1n) is 11.7. The predicted molar refractivity (Wildman–Crippen MR) is 148 cm³/mol. The molecule has 0 unspecified atom stereocenters. The second kappa shape index (κ2) is 9.34. The number of nitriles is 1. The minimum absolute atomic E-state index is 0.543. The maximum Gasteiger partial charge on any atom is 0.337 e. The Balaban J connectivity index is 1.90. The van der Waals surface area contributed by atoms with Gasteiger partial charge in [0.1, 0.15) is 5.75 Å². The van der Waals surface area contributed by atoms with Gasteiger partial charge in [-0.3, -0.25) is 4.98 Å². The van der Waals surface area contributed by atoms with E-state index in [-0.39, 0.29) is 0 Å². The van der Waals surface area contributed by atoms with Gasteiger partial charge in [0.05, 0.1) is 29.4 Å². The molecule has 0 amide bonds. The molecule has 182 valence electrons. The Morgan fingerprint density at radius 3 is 2.81 bits per heavy atom. The third-order valence-electron chi connectivity index (χ3n) is 6.60. The van der Waals surface area contributed by atoms with Crippen LogP contribution in [0, 0.1) is 18.3 Å². The van der Waals surface area contributed by atoms with Crippen LogP contribution in [-0.4, -0.2) is 32.7 Å². The summed E-state index contributed by atoms with van der Waals surface area (Å²) in [5.74, 6) is -0.269. The fraction of sp³-hybridized carbons (Fsp3) is 0.276. The molecule has 0 bridgehead atoms. The summed E-state index contributed by atoms with van der Waals surface area (Å²) in [6.07, 6.45) is 1.39. The highest BCUT2D eigenvalue weighted by Gasteiger charge is 2.34. The monoisotopic (exact) mass is 592 g/mol. The van der Waals surface area contributed by atoms with E-state index >= 15 is 0 Å². The maximum atomic E-state index is 12.7. The number of pyridine rings is 1. The first-order chi connectivity index (χ1) is 17.2. The Bertz CT molecular complexity index is 1560. The topological polar surface area (TPSA) is 92.4 Å². The molecule has 0 spiro atoms. The molecule has 0 fully saturated rings. The average Bonchev–Trinajstić information content (AvgIpc) is 2.87. The van der Waals surface area contributed by atoms with E-state index in [9.17, 15) is 15.2 Å². The predicted octanol–water partition coefficient (Wildman–Crippen LogP) is 6.53. The number of rotatable bonds is 6. The van der Waals surface area contributed by atoms with Crippen LogP contribution in [0.4, 0.5) is 0 Å². The number of aromatic nitrogens is 1. The van der Waals surface area contributed by atoms with Gasteiger partial charge >= 0.3 is 5.97 Å². The van der Waals surface area contributed by atoms with Crippen molar-refractivity contribution >= 4 is 50.2 Å². The number of ether oxygens (including phenoxy) is 2. The van der Waals surface area contributed by atoms with Crippen LogP contribution in [-0.2, 0) is 16.0 Å². The quantitative estimate of drug-likeness (QED) is 0.202. The van der Waals surface area contributed by atoms with Crippen LogP contribution in [0.3, 0.4) is 0 Å². The molecule has 1 N–H and O–H groups in total. The van der Waals surface area contributed by atoms with Gasteiger partial charge in [0.15, 0.2) is 6.10 Å². The Labute approximate surface area is 223 Å². The molecule has 0 radical (unpaired) electrons. The molecule has 36 heavy (non-hydrogen) atoms. The Morgan fingerprint density at radius 2 is 2.08 bits per heavy atom. The molecule has 2 heterocycles.